The van der Waals surface area contributed by atoms with Crippen LogP contribution in [0.15, 0.2) is 16.0 Å². The Morgan fingerprint density at radius 3 is 2.76 bits per heavy atom. The number of carbonyl (C=O) groups is 2. The Labute approximate surface area is 173 Å². The molecule has 1 N–H and O–H groups in total. The molecule has 3 heterocycles. The monoisotopic (exact) mass is 416 g/mol. The zero-order valence-electron chi connectivity index (χ0n) is 16.7. The Hall–Kier alpha value is -2.86. The van der Waals surface area contributed by atoms with Crippen molar-refractivity contribution in [3.8, 4) is 12.3 Å². The number of nitrogens with one attached hydrogen (secondary N) is 1. The number of amides is 2. The van der Waals surface area contributed by atoms with Crippen molar-refractivity contribution in [1.29, 1.82) is 0 Å². The second kappa shape index (κ2) is 8.66. The number of likely N-dealkylation sites (tertiary alicyclic amines) is 1. The van der Waals surface area contributed by atoms with Crippen LogP contribution in [0.4, 0.5) is 10.6 Å². The first-order valence-corrected chi connectivity index (χ1v) is 10.2. The molecule has 0 unspecified atom stereocenters. The van der Waals surface area contributed by atoms with E-state index in [0.717, 1.165) is 17.8 Å². The lowest BCUT2D eigenvalue weighted by Gasteiger charge is -2.30. The second-order valence-electron chi connectivity index (χ2n) is 7.87. The van der Waals surface area contributed by atoms with Crippen LogP contribution in [-0.2, 0) is 10.2 Å². The fourth-order valence-corrected chi connectivity index (χ4v) is 3.92. The second-order valence-corrected chi connectivity index (χ2v) is 8.76. The minimum Gasteiger partial charge on any atom is -0.436 e. The molecule has 0 radical (unpaired) electrons. The smallest absolute Gasteiger partial charge is 0.410 e. The van der Waals surface area contributed by atoms with E-state index in [4.69, 9.17) is 15.7 Å². The zero-order chi connectivity index (χ0) is 21.0. The molecule has 0 aromatic carbocycles. The summed E-state index contributed by atoms with van der Waals surface area (Å²) in [6.07, 6.45) is 6.24. The lowest BCUT2D eigenvalue weighted by Crippen LogP contribution is -2.38. The quantitative estimate of drug-likeness (QED) is 0.765. The first-order chi connectivity index (χ1) is 13.8. The van der Waals surface area contributed by atoms with E-state index in [1.807, 2.05) is 20.8 Å². The Kier molecular flexibility index (Phi) is 6.23. The molecule has 9 heteroatoms. The Bertz CT molecular complexity index is 914. The predicted octanol–water partition coefficient (Wildman–Crippen LogP) is 3.63. The fraction of sp³-hybridized carbons (Fsp3) is 0.500. The van der Waals surface area contributed by atoms with Gasteiger partial charge in [-0.05, 0) is 12.8 Å². The molecule has 1 saturated heterocycles. The topological polar surface area (TPSA) is 97.6 Å². The molecule has 0 saturated carbocycles. The number of nitrogens with zero attached hydrogens (tertiary/aromatic N) is 3. The van der Waals surface area contributed by atoms with E-state index >= 15 is 0 Å². The van der Waals surface area contributed by atoms with Crippen molar-refractivity contribution in [3.63, 3.8) is 0 Å². The molecular formula is C20H24N4O4S. The van der Waals surface area contributed by atoms with Crippen LogP contribution in [0.5, 0.6) is 0 Å². The maximum atomic E-state index is 12.5. The number of rotatable bonds is 4. The van der Waals surface area contributed by atoms with Gasteiger partial charge in [0.05, 0.1) is 5.01 Å². The fourth-order valence-electron chi connectivity index (χ4n) is 2.95. The molecule has 0 spiro atoms. The summed E-state index contributed by atoms with van der Waals surface area (Å²) >= 11 is 1.45. The number of thiazole rings is 1. The maximum absolute atomic E-state index is 12.5. The highest BCUT2D eigenvalue weighted by Crippen LogP contribution is 2.31. The van der Waals surface area contributed by atoms with Gasteiger partial charge < -0.3 is 19.5 Å². The van der Waals surface area contributed by atoms with Crippen molar-refractivity contribution < 1.29 is 18.8 Å². The molecule has 29 heavy (non-hydrogen) atoms. The molecular weight excluding hydrogens is 392 g/mol. The van der Waals surface area contributed by atoms with E-state index in [2.05, 4.69) is 21.4 Å². The normalized spacial score (nSPS) is 15.0. The van der Waals surface area contributed by atoms with E-state index in [-0.39, 0.29) is 29.9 Å². The zero-order valence-corrected chi connectivity index (χ0v) is 17.5. The summed E-state index contributed by atoms with van der Waals surface area (Å²) in [7, 11) is 0. The van der Waals surface area contributed by atoms with Gasteiger partial charge >= 0.3 is 6.09 Å². The third-order valence-electron chi connectivity index (χ3n) is 4.63. The molecule has 1 aliphatic rings. The minimum atomic E-state index is -0.386. The SMILES string of the molecule is C#CCOC(=O)N1CCC(c2nc(C(=O)Nc3cc(C(C)(C)C)on3)cs2)CC1. The number of carbonyl (C=O) groups excluding carboxylic acids is 2. The predicted molar refractivity (Wildman–Crippen MR) is 109 cm³/mol. The van der Waals surface area contributed by atoms with E-state index < -0.39 is 0 Å². The Morgan fingerprint density at radius 1 is 1.41 bits per heavy atom. The third kappa shape index (κ3) is 5.15. The summed E-state index contributed by atoms with van der Waals surface area (Å²) in [6.45, 7) is 7.14. The van der Waals surface area contributed by atoms with E-state index in [1.165, 1.54) is 11.3 Å². The van der Waals surface area contributed by atoms with E-state index in [1.54, 1.807) is 16.3 Å². The summed E-state index contributed by atoms with van der Waals surface area (Å²) in [5.74, 6) is 3.23. The van der Waals surface area contributed by atoms with E-state index in [0.29, 0.717) is 30.4 Å². The number of aromatic nitrogens is 2. The molecule has 8 nitrogen and oxygen atoms in total. The minimum absolute atomic E-state index is 0.0213. The van der Waals surface area contributed by atoms with Gasteiger partial charge in [-0.1, -0.05) is 31.8 Å². The van der Waals surface area contributed by atoms with Crippen LogP contribution >= 0.6 is 11.3 Å². The standard InChI is InChI=1S/C20H24N4O4S/c1-5-10-27-19(26)24-8-6-13(7-9-24)18-21-14(12-29-18)17(25)22-16-11-15(28-23-16)20(2,3)4/h1,11-13H,6-10H2,2-4H3,(H,22,23,25). The van der Waals surface area contributed by atoms with Gasteiger partial charge in [0.1, 0.15) is 11.5 Å². The lowest BCUT2D eigenvalue weighted by atomic mass is 9.93. The molecule has 1 fully saturated rings. The van der Waals surface area contributed by atoms with Gasteiger partial charge in [0, 0.05) is 35.9 Å². The highest BCUT2D eigenvalue weighted by atomic mass is 32.1. The summed E-state index contributed by atoms with van der Waals surface area (Å²) < 4.78 is 10.2. The van der Waals surface area contributed by atoms with Crippen LogP contribution in [0, 0.1) is 12.3 Å². The largest absolute Gasteiger partial charge is 0.436 e. The van der Waals surface area contributed by atoms with Crippen LogP contribution in [0.25, 0.3) is 0 Å². The average Bonchev–Trinajstić information content (AvgIpc) is 3.35. The summed E-state index contributed by atoms with van der Waals surface area (Å²) in [6, 6.07) is 1.72. The molecule has 2 aromatic rings. The van der Waals surface area contributed by atoms with Crippen LogP contribution in [-0.4, -0.2) is 46.7 Å². The molecule has 3 rings (SSSR count). The van der Waals surface area contributed by atoms with Crippen molar-refractivity contribution in [2.45, 2.75) is 44.9 Å². The third-order valence-corrected chi connectivity index (χ3v) is 5.63. The molecule has 0 atom stereocenters. The van der Waals surface area contributed by atoms with Crippen molar-refractivity contribution in [1.82, 2.24) is 15.0 Å². The van der Waals surface area contributed by atoms with Gasteiger partial charge in [0.25, 0.3) is 5.91 Å². The van der Waals surface area contributed by atoms with Gasteiger partial charge in [-0.2, -0.15) is 0 Å². The number of piperidine rings is 1. The number of ether oxygens (including phenoxy) is 1. The van der Waals surface area contributed by atoms with Crippen molar-refractivity contribution in [2.24, 2.45) is 0 Å². The van der Waals surface area contributed by atoms with Crippen LogP contribution < -0.4 is 5.32 Å². The number of hydrogen-bond acceptors (Lipinski definition) is 7. The van der Waals surface area contributed by atoms with E-state index in [9.17, 15) is 9.59 Å². The van der Waals surface area contributed by atoms with Gasteiger partial charge in [-0.25, -0.2) is 9.78 Å². The summed E-state index contributed by atoms with van der Waals surface area (Å²) in [5.41, 5.74) is 0.160. The summed E-state index contributed by atoms with van der Waals surface area (Å²) in [4.78, 5) is 30.5. The highest BCUT2D eigenvalue weighted by molar-refractivity contribution is 7.10. The van der Waals surface area contributed by atoms with Gasteiger partial charge in [-0.15, -0.1) is 17.8 Å². The first kappa shape index (κ1) is 20.9. The molecule has 154 valence electrons. The van der Waals surface area contributed by atoms with Gasteiger partial charge in [0.15, 0.2) is 12.4 Å². The maximum Gasteiger partial charge on any atom is 0.410 e. The average molecular weight is 417 g/mol. The van der Waals surface area contributed by atoms with Crippen LogP contribution in [0.1, 0.15) is 60.8 Å². The van der Waals surface area contributed by atoms with Crippen LogP contribution in [0.2, 0.25) is 0 Å². The molecule has 1 aliphatic heterocycles. The lowest BCUT2D eigenvalue weighted by molar-refractivity contribution is 0.102. The number of hydrogen-bond donors (Lipinski definition) is 1. The summed E-state index contributed by atoms with van der Waals surface area (Å²) in [5, 5.41) is 9.25. The number of anilines is 1. The first-order valence-electron chi connectivity index (χ1n) is 9.37. The van der Waals surface area contributed by atoms with Gasteiger partial charge in [-0.3, -0.25) is 4.79 Å². The Morgan fingerprint density at radius 2 is 2.14 bits per heavy atom. The van der Waals surface area contributed by atoms with Crippen LogP contribution in [0.3, 0.4) is 0 Å². The Balaban J connectivity index is 1.56. The highest BCUT2D eigenvalue weighted by Gasteiger charge is 2.27. The van der Waals surface area contributed by atoms with Crippen molar-refractivity contribution >= 4 is 29.2 Å². The molecule has 2 amide bonds. The number of terminal acetylenes is 1. The van der Waals surface area contributed by atoms with Gasteiger partial charge in [0.2, 0.25) is 0 Å². The molecule has 2 aromatic heterocycles. The van der Waals surface area contributed by atoms with Crippen molar-refractivity contribution in [2.75, 3.05) is 25.0 Å². The molecule has 0 aliphatic carbocycles. The molecule has 0 bridgehead atoms. The van der Waals surface area contributed by atoms with Crippen molar-refractivity contribution in [3.05, 3.63) is 27.9 Å².